The second-order valence-corrected chi connectivity index (χ2v) is 30.1. The van der Waals surface area contributed by atoms with Crippen LogP contribution in [0.2, 0.25) is 0 Å². The van der Waals surface area contributed by atoms with Gasteiger partial charge in [0.2, 0.25) is 0 Å². The van der Waals surface area contributed by atoms with E-state index < -0.39 is 8.07 Å². The molecular weight excluding hydrogens is 1160 g/mol. The molecule has 0 amide bonds. The minimum atomic E-state index is -3.24. The minimum Gasteiger partial charge on any atom is -0.493 e. The summed E-state index contributed by atoms with van der Waals surface area (Å²) in [5.41, 5.74) is 13.9. The van der Waals surface area contributed by atoms with Gasteiger partial charge in [-0.15, -0.1) is 17.7 Å². The minimum absolute atomic E-state index is 0. The molecular formula is C73H75N4PtSi-3. The first-order chi connectivity index (χ1) is 36.9. The first-order valence-electron chi connectivity index (χ1n) is 27.9. The zero-order chi connectivity index (χ0) is 55.2. The van der Waals surface area contributed by atoms with Crippen LogP contribution < -0.4 is 30.5 Å². The molecule has 0 spiro atoms. The quantitative estimate of drug-likeness (QED) is 0.0818. The number of rotatable bonds is 9. The van der Waals surface area contributed by atoms with Crippen molar-refractivity contribution in [1.82, 2.24) is 9.55 Å². The molecule has 0 saturated heterocycles. The number of hydrogen-bond acceptors (Lipinski definition) is 3. The van der Waals surface area contributed by atoms with Crippen LogP contribution in [0.15, 0.2) is 194 Å². The van der Waals surface area contributed by atoms with Crippen molar-refractivity contribution in [2.45, 2.75) is 124 Å². The summed E-state index contributed by atoms with van der Waals surface area (Å²) in [7, 11) is -3.24. The number of anilines is 4. The van der Waals surface area contributed by atoms with Gasteiger partial charge < -0.3 is 14.4 Å². The fraction of sp³-hybridized carbons (Fsp3) is 0.260. The van der Waals surface area contributed by atoms with Crippen LogP contribution in [0.25, 0.3) is 27.6 Å². The predicted octanol–water partition coefficient (Wildman–Crippen LogP) is 16.1. The second-order valence-electron chi connectivity index (χ2n) is 26.4. The molecule has 8 aromatic carbocycles. The summed E-state index contributed by atoms with van der Waals surface area (Å²) >= 11 is 0. The third-order valence-corrected chi connectivity index (χ3v) is 21.1. The molecule has 6 heteroatoms. The maximum Gasteiger partial charge on any atom is 0.135 e. The third kappa shape index (κ3) is 10.1. The van der Waals surface area contributed by atoms with E-state index in [1.165, 1.54) is 49.1 Å². The Balaban J connectivity index is 0.00000704. The predicted molar refractivity (Wildman–Crippen MR) is 335 cm³/mol. The first-order valence-corrected chi connectivity index (χ1v) is 29.9. The van der Waals surface area contributed by atoms with Crippen molar-refractivity contribution in [3.63, 3.8) is 0 Å². The van der Waals surface area contributed by atoms with Crippen LogP contribution in [-0.4, -0.2) is 17.6 Å². The van der Waals surface area contributed by atoms with Gasteiger partial charge >= 0.3 is 0 Å². The van der Waals surface area contributed by atoms with Crippen LogP contribution in [0.5, 0.6) is 0 Å². The topological polar surface area (TPSA) is 24.3 Å². The molecule has 1 aliphatic rings. The van der Waals surface area contributed by atoms with E-state index in [1.807, 2.05) is 6.20 Å². The van der Waals surface area contributed by atoms with Crippen LogP contribution in [0.3, 0.4) is 0 Å². The van der Waals surface area contributed by atoms with Crippen LogP contribution in [0.1, 0.15) is 130 Å². The van der Waals surface area contributed by atoms with Crippen molar-refractivity contribution in [2.24, 2.45) is 0 Å². The Morgan fingerprint density at radius 1 is 0.418 bits per heavy atom. The van der Waals surface area contributed by atoms with E-state index in [4.69, 9.17) is 4.98 Å². The second kappa shape index (κ2) is 20.4. The zero-order valence-electron chi connectivity index (χ0n) is 48.7. The standard InChI is InChI=1S/C73H75N4Si.Pt/c1-69(2,3)50-32-34-51(35-33-50)73(13,14)53-40-41-74-68(46-53)77-64-39-36-52(70(4,5)6)45-63(64)62-38-37-61(48-67(62)77)78(58-25-17-15-18-26-58,59-27-19-16-20-28-59)60-29-23-24-56(47-60)75-49-76(66-31-22-21-30-65(66)75)57-43-54(71(7,8)9)42-55(44-57)72(10,11)12;/h15-46,49H,1-14H3;/q-3;. The Labute approximate surface area is 486 Å². The van der Waals surface area contributed by atoms with Gasteiger partial charge in [0, 0.05) is 55.3 Å². The first kappa shape index (κ1) is 55.5. The Kier molecular flexibility index (Phi) is 14.3. The normalized spacial score (nSPS) is 13.5. The van der Waals surface area contributed by atoms with Gasteiger partial charge in [0.05, 0.1) is 0 Å². The molecule has 11 rings (SSSR count). The Morgan fingerprint density at radius 3 is 1.53 bits per heavy atom. The number of benzene rings is 8. The van der Waals surface area contributed by atoms with Gasteiger partial charge in [-0.25, -0.2) is 4.98 Å². The van der Waals surface area contributed by atoms with Crippen LogP contribution in [0, 0.1) is 18.8 Å². The maximum atomic E-state index is 5.24. The summed E-state index contributed by atoms with van der Waals surface area (Å²) in [6, 6.07) is 79.0. The van der Waals surface area contributed by atoms with E-state index in [-0.39, 0.29) is 48.1 Å². The number of hydrogen-bond donors (Lipinski definition) is 0. The van der Waals surface area contributed by atoms with Crippen molar-refractivity contribution in [1.29, 1.82) is 0 Å². The summed E-state index contributed by atoms with van der Waals surface area (Å²) in [5, 5.41) is 7.17. The molecule has 0 N–H and O–H groups in total. The van der Waals surface area contributed by atoms with Gasteiger partial charge in [0.15, 0.2) is 0 Å². The van der Waals surface area contributed by atoms with Crippen molar-refractivity contribution in [3.8, 4) is 5.82 Å². The number of fused-ring (bicyclic) bond motifs is 4. The van der Waals surface area contributed by atoms with E-state index in [9.17, 15) is 0 Å². The summed E-state index contributed by atoms with van der Waals surface area (Å²) in [5.74, 6) is 0.875. The Hall–Kier alpha value is -6.78. The molecule has 0 atom stereocenters. The molecule has 2 aromatic heterocycles. The van der Waals surface area contributed by atoms with Gasteiger partial charge in [0.1, 0.15) is 13.9 Å². The Bertz CT molecular complexity index is 3770. The molecule has 10 aromatic rings. The Morgan fingerprint density at radius 2 is 0.949 bits per heavy atom. The van der Waals surface area contributed by atoms with Crippen molar-refractivity contribution in [3.05, 3.63) is 246 Å². The number of nitrogens with zero attached hydrogens (tertiary/aromatic N) is 4. The molecule has 0 fully saturated rings. The molecule has 0 aliphatic carbocycles. The smallest absolute Gasteiger partial charge is 0.135 e. The van der Waals surface area contributed by atoms with Crippen LogP contribution >= 0.6 is 0 Å². The van der Waals surface area contributed by atoms with Gasteiger partial charge in [-0.2, -0.15) is 52.8 Å². The molecule has 3 heterocycles. The zero-order valence-corrected chi connectivity index (χ0v) is 51.9. The molecule has 1 aliphatic heterocycles. The van der Waals surface area contributed by atoms with Gasteiger partial charge in [-0.05, 0) is 113 Å². The molecule has 0 radical (unpaired) electrons. The number of aromatic nitrogens is 2. The summed E-state index contributed by atoms with van der Waals surface area (Å²) in [4.78, 5) is 9.96. The summed E-state index contributed by atoms with van der Waals surface area (Å²) in [6.45, 7) is 34.5. The van der Waals surface area contributed by atoms with Crippen molar-refractivity contribution < 1.29 is 21.1 Å². The maximum absolute atomic E-state index is 5.24. The van der Waals surface area contributed by atoms with Crippen molar-refractivity contribution in [2.75, 3.05) is 9.80 Å². The third-order valence-electron chi connectivity index (χ3n) is 16.5. The van der Waals surface area contributed by atoms with E-state index in [1.54, 1.807) is 0 Å². The van der Waals surface area contributed by atoms with E-state index in [2.05, 4.69) is 318 Å². The van der Waals surface area contributed by atoms with E-state index >= 15 is 0 Å². The van der Waals surface area contributed by atoms with Crippen LogP contribution in [0.4, 0.5) is 22.7 Å². The van der Waals surface area contributed by atoms with Gasteiger partial charge in [-0.1, -0.05) is 218 Å². The van der Waals surface area contributed by atoms with Crippen molar-refractivity contribution >= 4 is 73.4 Å². The fourth-order valence-corrected chi connectivity index (χ4v) is 16.2. The molecule has 0 bridgehead atoms. The largest absolute Gasteiger partial charge is 0.493 e. The molecule has 0 unspecified atom stereocenters. The monoisotopic (exact) mass is 1230 g/mol. The number of para-hydroxylation sites is 2. The van der Waals surface area contributed by atoms with E-state index in [0.29, 0.717) is 0 Å². The summed E-state index contributed by atoms with van der Waals surface area (Å²) in [6.07, 6.45) is 1.99. The molecule has 404 valence electrons. The molecule has 0 saturated carbocycles. The van der Waals surface area contributed by atoms with Gasteiger partial charge in [0.25, 0.3) is 0 Å². The average molecular weight is 1230 g/mol. The van der Waals surface area contributed by atoms with Crippen LogP contribution in [-0.2, 0) is 48.1 Å². The fourth-order valence-electron chi connectivity index (χ4n) is 11.6. The number of pyridine rings is 1. The summed E-state index contributed by atoms with van der Waals surface area (Å²) < 4.78 is 2.38. The molecule has 4 nitrogen and oxygen atoms in total. The average Bonchev–Trinajstić information content (AvgIpc) is 4.22. The molecule has 79 heavy (non-hydrogen) atoms. The van der Waals surface area contributed by atoms with E-state index in [0.717, 1.165) is 55.4 Å². The van der Waals surface area contributed by atoms with Gasteiger partial charge in [-0.3, -0.25) is 0 Å². The SMILES string of the molecule is CC(C)(C)c1ccc(C(C)(C)c2ccnc(-n3c4[c-]c([Si](c5[c-]c(N6[CH-]N(c7cc(C(C)(C)C)cc(C(C)(C)C)c7)c7ccccc76)ccc5)(c5ccccc5)c5ccccc5)ccc4c4cc(C(C)(C)C)ccc43)c2)cc1.[Pt].